The molecule has 0 bridgehead atoms. The van der Waals surface area contributed by atoms with Crippen molar-refractivity contribution in [3.8, 4) is 5.75 Å². The number of nitrogens with zero attached hydrogens (tertiary/aromatic N) is 1. The van der Waals surface area contributed by atoms with Crippen LogP contribution in [-0.4, -0.2) is 18.1 Å². The molecule has 0 saturated carbocycles. The van der Waals surface area contributed by atoms with Crippen LogP contribution in [0.15, 0.2) is 18.2 Å². The second-order valence-corrected chi connectivity index (χ2v) is 2.91. The van der Waals surface area contributed by atoms with E-state index in [1.54, 1.807) is 6.07 Å². The molecule has 2 N–H and O–H groups in total. The molecule has 1 aromatic rings. The molecule has 0 aliphatic rings. The Kier molecular flexibility index (Phi) is 3.67. The van der Waals surface area contributed by atoms with Gasteiger partial charge in [-0.25, -0.2) is 0 Å². The van der Waals surface area contributed by atoms with E-state index >= 15 is 0 Å². The van der Waals surface area contributed by atoms with Gasteiger partial charge < -0.3 is 10.5 Å². The number of nitrogens with two attached hydrogens (primary N) is 1. The number of ether oxygens (including phenoxy) is 1. The van der Waals surface area contributed by atoms with E-state index in [2.05, 4.69) is 0 Å². The minimum Gasteiger partial charge on any atom is -0.492 e. The third-order valence-corrected chi connectivity index (χ3v) is 1.82. The van der Waals surface area contributed by atoms with E-state index in [0.29, 0.717) is 18.9 Å². The van der Waals surface area contributed by atoms with E-state index in [1.807, 2.05) is 0 Å². The summed E-state index contributed by atoms with van der Waals surface area (Å²) in [6, 6.07) is 4.26. The zero-order chi connectivity index (χ0) is 10.6. The second-order valence-electron chi connectivity index (χ2n) is 2.51. The standard InChI is InChI=1S/C8H9ClN2O3/c9-7-2-1-6(14-4-3-10)5-8(7)11(12)13/h1-2,5H,3-4,10H2. The Morgan fingerprint density at radius 3 is 2.86 bits per heavy atom. The molecule has 0 atom stereocenters. The Morgan fingerprint density at radius 1 is 1.57 bits per heavy atom. The van der Waals surface area contributed by atoms with Crippen LogP contribution in [-0.2, 0) is 0 Å². The Morgan fingerprint density at radius 2 is 2.29 bits per heavy atom. The van der Waals surface area contributed by atoms with Crippen molar-refractivity contribution in [2.24, 2.45) is 5.73 Å². The highest BCUT2D eigenvalue weighted by atomic mass is 35.5. The van der Waals surface area contributed by atoms with Crippen molar-refractivity contribution in [1.82, 2.24) is 0 Å². The highest BCUT2D eigenvalue weighted by Gasteiger charge is 2.12. The first kappa shape index (κ1) is 10.7. The molecule has 1 aromatic carbocycles. The van der Waals surface area contributed by atoms with Gasteiger partial charge in [-0.05, 0) is 12.1 Å². The summed E-state index contributed by atoms with van der Waals surface area (Å²) in [4.78, 5) is 9.93. The third kappa shape index (κ3) is 2.58. The summed E-state index contributed by atoms with van der Waals surface area (Å²) < 4.78 is 5.11. The number of nitro benzene ring substituents is 1. The number of benzene rings is 1. The molecule has 0 saturated heterocycles. The first-order chi connectivity index (χ1) is 6.65. The zero-order valence-corrected chi connectivity index (χ0v) is 8.03. The van der Waals surface area contributed by atoms with Gasteiger partial charge in [0.05, 0.1) is 11.0 Å². The fraction of sp³-hybridized carbons (Fsp3) is 0.250. The van der Waals surface area contributed by atoms with Crippen molar-refractivity contribution < 1.29 is 9.66 Å². The van der Waals surface area contributed by atoms with Crippen LogP contribution in [0, 0.1) is 10.1 Å². The zero-order valence-electron chi connectivity index (χ0n) is 7.27. The average Bonchev–Trinajstić information content (AvgIpc) is 2.16. The van der Waals surface area contributed by atoms with Gasteiger partial charge in [0.2, 0.25) is 0 Å². The van der Waals surface area contributed by atoms with Crippen LogP contribution in [0.4, 0.5) is 5.69 Å². The first-order valence-electron chi connectivity index (χ1n) is 3.92. The number of rotatable bonds is 4. The van der Waals surface area contributed by atoms with Crippen molar-refractivity contribution in [2.45, 2.75) is 0 Å². The van der Waals surface area contributed by atoms with E-state index in [-0.39, 0.29) is 10.7 Å². The largest absolute Gasteiger partial charge is 0.492 e. The molecule has 76 valence electrons. The molecule has 0 spiro atoms. The lowest BCUT2D eigenvalue weighted by atomic mass is 10.3. The van der Waals surface area contributed by atoms with Crippen LogP contribution >= 0.6 is 11.6 Å². The molecule has 0 fully saturated rings. The molecule has 0 aliphatic heterocycles. The van der Waals surface area contributed by atoms with Crippen molar-refractivity contribution in [2.75, 3.05) is 13.2 Å². The van der Waals surface area contributed by atoms with Gasteiger partial charge in [-0.2, -0.15) is 0 Å². The Hall–Kier alpha value is -1.33. The van der Waals surface area contributed by atoms with E-state index in [4.69, 9.17) is 22.1 Å². The van der Waals surface area contributed by atoms with Crippen molar-refractivity contribution in [3.05, 3.63) is 33.3 Å². The third-order valence-electron chi connectivity index (χ3n) is 1.50. The van der Waals surface area contributed by atoms with Crippen LogP contribution in [0.1, 0.15) is 0 Å². The predicted molar refractivity (Wildman–Crippen MR) is 52.7 cm³/mol. The topological polar surface area (TPSA) is 78.4 Å². The minimum atomic E-state index is -0.558. The second kappa shape index (κ2) is 4.78. The summed E-state index contributed by atoms with van der Waals surface area (Å²) in [5, 5.41) is 10.6. The fourth-order valence-electron chi connectivity index (χ4n) is 0.899. The quantitative estimate of drug-likeness (QED) is 0.612. The van der Waals surface area contributed by atoms with Crippen LogP contribution in [0.5, 0.6) is 5.75 Å². The number of nitro groups is 1. The maximum atomic E-state index is 10.5. The molecule has 0 unspecified atom stereocenters. The lowest BCUT2D eigenvalue weighted by Crippen LogP contribution is -2.10. The Bertz CT molecular complexity index is 343. The van der Waals surface area contributed by atoms with Crippen LogP contribution in [0.3, 0.4) is 0 Å². The van der Waals surface area contributed by atoms with Gasteiger partial charge >= 0.3 is 0 Å². The van der Waals surface area contributed by atoms with Gasteiger partial charge in [-0.1, -0.05) is 11.6 Å². The highest BCUT2D eigenvalue weighted by Crippen LogP contribution is 2.28. The molecule has 6 heteroatoms. The van der Waals surface area contributed by atoms with E-state index in [9.17, 15) is 10.1 Å². The highest BCUT2D eigenvalue weighted by molar-refractivity contribution is 6.32. The Labute approximate surface area is 85.6 Å². The van der Waals surface area contributed by atoms with Gasteiger partial charge in [-0.15, -0.1) is 0 Å². The molecule has 5 nitrogen and oxygen atoms in total. The van der Waals surface area contributed by atoms with Gasteiger partial charge in [-0.3, -0.25) is 10.1 Å². The molecular formula is C8H9ClN2O3. The van der Waals surface area contributed by atoms with Crippen LogP contribution in [0.2, 0.25) is 5.02 Å². The maximum absolute atomic E-state index is 10.5. The first-order valence-corrected chi connectivity index (χ1v) is 4.29. The molecule has 0 heterocycles. The van der Waals surface area contributed by atoms with Crippen molar-refractivity contribution >= 4 is 17.3 Å². The van der Waals surface area contributed by atoms with Gasteiger partial charge in [0.1, 0.15) is 17.4 Å². The smallest absolute Gasteiger partial charge is 0.291 e. The summed E-state index contributed by atoms with van der Waals surface area (Å²) in [5.41, 5.74) is 5.05. The van der Waals surface area contributed by atoms with Crippen molar-refractivity contribution in [1.29, 1.82) is 0 Å². The normalized spacial score (nSPS) is 9.86. The monoisotopic (exact) mass is 216 g/mol. The predicted octanol–water partition coefficient (Wildman–Crippen LogP) is 1.59. The lowest BCUT2D eigenvalue weighted by Gasteiger charge is -2.04. The molecule has 0 aliphatic carbocycles. The molecule has 1 rings (SSSR count). The molecular weight excluding hydrogens is 208 g/mol. The van der Waals surface area contributed by atoms with Crippen molar-refractivity contribution in [3.63, 3.8) is 0 Å². The summed E-state index contributed by atoms with van der Waals surface area (Å²) in [5.74, 6) is 0.395. The summed E-state index contributed by atoms with van der Waals surface area (Å²) in [7, 11) is 0. The van der Waals surface area contributed by atoms with E-state index < -0.39 is 4.92 Å². The number of hydrogen-bond acceptors (Lipinski definition) is 4. The summed E-state index contributed by atoms with van der Waals surface area (Å²) in [6.45, 7) is 0.676. The maximum Gasteiger partial charge on any atom is 0.291 e. The SMILES string of the molecule is NCCOc1ccc(Cl)c([N+](=O)[O-])c1. The van der Waals surface area contributed by atoms with Crippen LogP contribution in [0.25, 0.3) is 0 Å². The molecule has 0 aromatic heterocycles. The van der Waals surface area contributed by atoms with E-state index in [0.717, 1.165) is 0 Å². The van der Waals surface area contributed by atoms with Crippen LogP contribution < -0.4 is 10.5 Å². The van der Waals surface area contributed by atoms with Gasteiger partial charge in [0.15, 0.2) is 0 Å². The summed E-state index contributed by atoms with van der Waals surface area (Å²) >= 11 is 5.60. The molecule has 0 amide bonds. The van der Waals surface area contributed by atoms with Gasteiger partial charge in [0, 0.05) is 6.54 Å². The fourth-order valence-corrected chi connectivity index (χ4v) is 1.09. The van der Waals surface area contributed by atoms with Gasteiger partial charge in [0.25, 0.3) is 5.69 Å². The lowest BCUT2D eigenvalue weighted by molar-refractivity contribution is -0.384. The van der Waals surface area contributed by atoms with E-state index in [1.165, 1.54) is 12.1 Å². The number of hydrogen-bond donors (Lipinski definition) is 1. The Balaban J connectivity index is 2.89. The summed E-state index contributed by atoms with van der Waals surface area (Å²) in [6.07, 6.45) is 0. The minimum absolute atomic E-state index is 0.0927. The molecule has 0 radical (unpaired) electrons. The molecule has 14 heavy (non-hydrogen) atoms. The number of halogens is 1. The average molecular weight is 217 g/mol.